The molecule has 3 N–H and O–H groups in total. The second-order valence-electron chi connectivity index (χ2n) is 5.47. The number of carboxylic acid groups (broad SMARTS) is 1. The Labute approximate surface area is 115 Å². The number of aromatic carboxylic acids is 1. The third-order valence-corrected chi connectivity index (χ3v) is 4.29. The van der Waals surface area contributed by atoms with Crippen LogP contribution in [0, 0.1) is 5.92 Å². The van der Waals surface area contributed by atoms with Gasteiger partial charge in [0.15, 0.2) is 0 Å². The number of amides is 2. The van der Waals surface area contributed by atoms with Gasteiger partial charge in [0.05, 0.1) is 5.56 Å². The number of hydrogen-bond acceptors (Lipinski definition) is 3. The van der Waals surface area contributed by atoms with E-state index in [1.165, 1.54) is 29.2 Å². The molecule has 0 aromatic heterocycles. The Morgan fingerprint density at radius 3 is 2.20 bits per heavy atom. The lowest BCUT2D eigenvalue weighted by atomic mass is 9.73. The lowest BCUT2D eigenvalue weighted by Gasteiger charge is -2.38. The summed E-state index contributed by atoms with van der Waals surface area (Å²) in [6.07, 6.45) is 1.28. The van der Waals surface area contributed by atoms with Crippen LogP contribution in [0.2, 0.25) is 0 Å². The molecule has 2 saturated heterocycles. The molecule has 2 heterocycles. The molecular weight excluding hydrogens is 260 g/mol. The van der Waals surface area contributed by atoms with E-state index < -0.39 is 17.4 Å². The number of primary amides is 1. The molecule has 4 rings (SSSR count). The molecule has 3 fully saturated rings. The van der Waals surface area contributed by atoms with E-state index in [1.54, 1.807) is 0 Å². The Hall–Kier alpha value is -2.37. The number of carboxylic acids is 1. The summed E-state index contributed by atoms with van der Waals surface area (Å²) in [4.78, 5) is 36.4. The van der Waals surface area contributed by atoms with Crippen LogP contribution in [0.15, 0.2) is 24.3 Å². The van der Waals surface area contributed by atoms with Crippen molar-refractivity contribution in [2.24, 2.45) is 11.7 Å². The molecule has 3 aliphatic rings. The van der Waals surface area contributed by atoms with Crippen LogP contribution in [-0.2, 0) is 4.79 Å². The molecule has 0 unspecified atom stereocenters. The molecule has 2 amide bonds. The van der Waals surface area contributed by atoms with Crippen molar-refractivity contribution in [3.8, 4) is 0 Å². The Balaban J connectivity index is 1.86. The Morgan fingerprint density at radius 1 is 1.15 bits per heavy atom. The molecule has 1 saturated carbocycles. The third kappa shape index (κ3) is 1.61. The fourth-order valence-electron chi connectivity index (χ4n) is 3.20. The van der Waals surface area contributed by atoms with Gasteiger partial charge >= 0.3 is 5.97 Å². The van der Waals surface area contributed by atoms with Gasteiger partial charge in [0, 0.05) is 12.1 Å². The number of nitrogens with zero attached hydrogens (tertiary/aromatic N) is 1. The van der Waals surface area contributed by atoms with Crippen LogP contribution in [0.4, 0.5) is 0 Å². The molecule has 1 aromatic rings. The smallest absolute Gasteiger partial charge is 0.335 e. The van der Waals surface area contributed by atoms with Crippen LogP contribution in [0.3, 0.4) is 0 Å². The van der Waals surface area contributed by atoms with Crippen LogP contribution in [0.5, 0.6) is 0 Å². The monoisotopic (exact) mass is 274 g/mol. The highest BCUT2D eigenvalue weighted by atomic mass is 16.4. The van der Waals surface area contributed by atoms with Gasteiger partial charge < -0.3 is 15.7 Å². The fourth-order valence-corrected chi connectivity index (χ4v) is 3.20. The molecule has 6 nitrogen and oxygen atoms in total. The number of carbonyl (C=O) groups excluding carboxylic acids is 2. The molecule has 104 valence electrons. The highest BCUT2D eigenvalue weighted by Gasteiger charge is 2.61. The highest BCUT2D eigenvalue weighted by Crippen LogP contribution is 2.50. The van der Waals surface area contributed by atoms with Gasteiger partial charge in [0.25, 0.3) is 5.91 Å². The standard InChI is InChI=1S/C14H14N2O4/c15-13(20)14-5-8(6-14)7-16(14)11(17)9-1-3-10(4-2-9)12(18)19/h1-4,8H,5-7H2,(H2,15,20)(H,18,19). The van der Waals surface area contributed by atoms with E-state index in [2.05, 4.69) is 0 Å². The van der Waals surface area contributed by atoms with E-state index in [0.717, 1.165) is 0 Å². The molecule has 2 bridgehead atoms. The lowest BCUT2D eigenvalue weighted by molar-refractivity contribution is -0.129. The molecule has 1 aliphatic carbocycles. The zero-order valence-electron chi connectivity index (χ0n) is 10.7. The second kappa shape index (κ2) is 4.06. The first-order chi connectivity index (χ1) is 9.44. The number of nitrogens with two attached hydrogens (primary N) is 1. The maximum Gasteiger partial charge on any atom is 0.335 e. The average Bonchev–Trinajstić information content (AvgIpc) is 2.93. The van der Waals surface area contributed by atoms with E-state index >= 15 is 0 Å². The summed E-state index contributed by atoms with van der Waals surface area (Å²) in [6.45, 7) is 0.544. The Bertz CT molecular complexity index is 602. The maximum absolute atomic E-state index is 12.4. The van der Waals surface area contributed by atoms with Crippen LogP contribution in [0.1, 0.15) is 33.6 Å². The second-order valence-corrected chi connectivity index (χ2v) is 5.47. The number of hydrogen-bond donors (Lipinski definition) is 2. The van der Waals surface area contributed by atoms with Gasteiger partial charge in [0.2, 0.25) is 5.91 Å². The minimum absolute atomic E-state index is 0.122. The molecule has 0 radical (unpaired) electrons. The highest BCUT2D eigenvalue weighted by molar-refractivity contribution is 6.01. The van der Waals surface area contributed by atoms with E-state index in [-0.39, 0.29) is 11.5 Å². The minimum Gasteiger partial charge on any atom is -0.478 e. The normalized spacial score (nSPS) is 27.0. The first-order valence-electron chi connectivity index (χ1n) is 6.39. The van der Waals surface area contributed by atoms with E-state index in [4.69, 9.17) is 10.8 Å². The molecule has 2 aliphatic heterocycles. The zero-order chi connectivity index (χ0) is 14.5. The van der Waals surface area contributed by atoms with Crippen molar-refractivity contribution in [1.29, 1.82) is 0 Å². The van der Waals surface area contributed by atoms with E-state index in [1.807, 2.05) is 0 Å². The number of fused-ring (bicyclic) bond motifs is 1. The Kier molecular flexibility index (Phi) is 2.57. The number of benzene rings is 1. The van der Waals surface area contributed by atoms with Gasteiger partial charge in [-0.1, -0.05) is 0 Å². The molecule has 0 spiro atoms. The molecule has 0 atom stereocenters. The topological polar surface area (TPSA) is 101 Å². The van der Waals surface area contributed by atoms with Crippen molar-refractivity contribution in [3.05, 3.63) is 35.4 Å². The summed E-state index contributed by atoms with van der Waals surface area (Å²) < 4.78 is 0. The van der Waals surface area contributed by atoms with E-state index in [9.17, 15) is 14.4 Å². The molecule has 1 aromatic carbocycles. The van der Waals surface area contributed by atoms with Crippen molar-refractivity contribution in [2.45, 2.75) is 18.4 Å². The SMILES string of the molecule is NC(=O)C12CC(CN1C(=O)c1ccc(C(=O)O)cc1)C2. The first kappa shape index (κ1) is 12.7. The van der Waals surface area contributed by atoms with Gasteiger partial charge in [-0.2, -0.15) is 0 Å². The van der Waals surface area contributed by atoms with E-state index in [0.29, 0.717) is 30.9 Å². The van der Waals surface area contributed by atoms with Crippen molar-refractivity contribution in [3.63, 3.8) is 0 Å². The van der Waals surface area contributed by atoms with Crippen molar-refractivity contribution < 1.29 is 19.5 Å². The largest absolute Gasteiger partial charge is 0.478 e. The van der Waals surface area contributed by atoms with Crippen molar-refractivity contribution >= 4 is 17.8 Å². The maximum atomic E-state index is 12.4. The quantitative estimate of drug-likeness (QED) is 0.836. The van der Waals surface area contributed by atoms with Crippen LogP contribution in [-0.4, -0.2) is 39.9 Å². The predicted molar refractivity (Wildman–Crippen MR) is 69.1 cm³/mol. The minimum atomic E-state index is -1.04. The fraction of sp³-hybridized carbons (Fsp3) is 0.357. The van der Waals surface area contributed by atoms with Crippen LogP contribution >= 0.6 is 0 Å². The molecule has 6 heteroatoms. The summed E-state index contributed by atoms with van der Waals surface area (Å²) in [5.74, 6) is -1.41. The van der Waals surface area contributed by atoms with Gasteiger partial charge in [-0.15, -0.1) is 0 Å². The van der Waals surface area contributed by atoms with Gasteiger partial charge in [-0.3, -0.25) is 9.59 Å². The number of rotatable bonds is 3. The van der Waals surface area contributed by atoms with Crippen molar-refractivity contribution in [2.75, 3.05) is 6.54 Å². The van der Waals surface area contributed by atoms with Gasteiger partial charge in [0.1, 0.15) is 5.54 Å². The predicted octanol–water partition coefficient (Wildman–Crippen LogP) is 0.475. The number of carbonyl (C=O) groups is 3. The van der Waals surface area contributed by atoms with Crippen LogP contribution < -0.4 is 5.73 Å². The summed E-state index contributed by atoms with van der Waals surface area (Å²) >= 11 is 0. The average molecular weight is 274 g/mol. The molecular formula is C14H14N2O4. The van der Waals surface area contributed by atoms with Gasteiger partial charge in [-0.25, -0.2) is 4.79 Å². The summed E-state index contributed by atoms with van der Waals surface area (Å²) in [6, 6.07) is 5.70. The first-order valence-corrected chi connectivity index (χ1v) is 6.39. The lowest BCUT2D eigenvalue weighted by Crippen LogP contribution is -2.57. The Morgan fingerprint density at radius 2 is 1.70 bits per heavy atom. The summed E-state index contributed by atoms with van der Waals surface area (Å²) in [5, 5.41) is 8.83. The van der Waals surface area contributed by atoms with Gasteiger partial charge in [-0.05, 0) is 43.0 Å². The zero-order valence-corrected chi connectivity index (χ0v) is 10.7. The third-order valence-electron chi connectivity index (χ3n) is 4.29. The molecule has 20 heavy (non-hydrogen) atoms. The summed E-state index contributed by atoms with van der Waals surface area (Å²) in [7, 11) is 0. The van der Waals surface area contributed by atoms with Crippen molar-refractivity contribution in [1.82, 2.24) is 4.90 Å². The summed E-state index contributed by atoms with van der Waals surface area (Å²) in [5.41, 5.74) is 5.10. The van der Waals surface area contributed by atoms with Crippen LogP contribution in [0.25, 0.3) is 0 Å².